The average molecular weight is 319 g/mol. The molecule has 1 saturated heterocycles. The van der Waals surface area contributed by atoms with Gasteiger partial charge in [0.25, 0.3) is 0 Å². The molecule has 1 aromatic heterocycles. The zero-order valence-electron chi connectivity index (χ0n) is 14.2. The minimum Gasteiger partial charge on any atom is -0.381 e. The van der Waals surface area contributed by atoms with Crippen molar-refractivity contribution in [3.8, 4) is 0 Å². The third-order valence-corrected chi connectivity index (χ3v) is 5.86. The van der Waals surface area contributed by atoms with Crippen LogP contribution in [0.5, 0.6) is 0 Å². The SMILES string of the molecule is Cn1cnc2c1[C@H](COCC1CCOCC1)CN(C1CCC1)C2. The molecule has 0 unspecified atom stereocenters. The molecule has 128 valence electrons. The predicted molar refractivity (Wildman–Crippen MR) is 88.4 cm³/mol. The van der Waals surface area contributed by atoms with Gasteiger partial charge in [-0.25, -0.2) is 4.98 Å². The summed E-state index contributed by atoms with van der Waals surface area (Å²) >= 11 is 0. The van der Waals surface area contributed by atoms with E-state index in [1.807, 2.05) is 6.33 Å². The topological polar surface area (TPSA) is 39.5 Å². The maximum absolute atomic E-state index is 6.15. The number of imidazole rings is 1. The lowest BCUT2D eigenvalue weighted by Gasteiger charge is -2.42. The minimum atomic E-state index is 0.465. The largest absolute Gasteiger partial charge is 0.381 e. The Labute approximate surface area is 139 Å². The van der Waals surface area contributed by atoms with Gasteiger partial charge in [-0.15, -0.1) is 0 Å². The van der Waals surface area contributed by atoms with Crippen LogP contribution in [-0.2, 0) is 23.1 Å². The monoisotopic (exact) mass is 319 g/mol. The Bertz CT molecular complexity index is 520. The van der Waals surface area contributed by atoms with Crippen LogP contribution in [0.4, 0.5) is 0 Å². The van der Waals surface area contributed by atoms with Gasteiger partial charge in [0.1, 0.15) is 0 Å². The van der Waals surface area contributed by atoms with Crippen molar-refractivity contribution >= 4 is 0 Å². The highest BCUT2D eigenvalue weighted by molar-refractivity contribution is 5.22. The maximum Gasteiger partial charge on any atom is 0.0949 e. The zero-order valence-corrected chi connectivity index (χ0v) is 14.2. The summed E-state index contributed by atoms with van der Waals surface area (Å²) in [5.74, 6) is 1.15. The summed E-state index contributed by atoms with van der Waals surface area (Å²) in [6.45, 7) is 5.67. The molecule has 23 heavy (non-hydrogen) atoms. The molecule has 2 aliphatic heterocycles. The van der Waals surface area contributed by atoms with Crippen molar-refractivity contribution in [2.75, 3.05) is 33.0 Å². The summed E-state index contributed by atoms with van der Waals surface area (Å²) < 4.78 is 13.8. The normalized spacial score (nSPS) is 26.9. The quantitative estimate of drug-likeness (QED) is 0.835. The fourth-order valence-corrected chi connectivity index (χ4v) is 4.21. The minimum absolute atomic E-state index is 0.465. The molecule has 0 N–H and O–H groups in total. The maximum atomic E-state index is 6.15. The molecule has 0 spiro atoms. The van der Waals surface area contributed by atoms with Gasteiger partial charge >= 0.3 is 0 Å². The Morgan fingerprint density at radius 3 is 2.78 bits per heavy atom. The van der Waals surface area contributed by atoms with Crippen molar-refractivity contribution in [3.05, 3.63) is 17.7 Å². The summed E-state index contributed by atoms with van der Waals surface area (Å²) in [5.41, 5.74) is 2.66. The van der Waals surface area contributed by atoms with Gasteiger partial charge in [0.2, 0.25) is 0 Å². The molecule has 1 aliphatic carbocycles. The summed E-state index contributed by atoms with van der Waals surface area (Å²) in [4.78, 5) is 7.28. The van der Waals surface area contributed by atoms with Crippen LogP contribution in [0.15, 0.2) is 6.33 Å². The van der Waals surface area contributed by atoms with Crippen molar-refractivity contribution in [1.29, 1.82) is 0 Å². The van der Waals surface area contributed by atoms with E-state index in [0.29, 0.717) is 11.8 Å². The molecule has 1 atom stereocenters. The Kier molecular flexibility index (Phi) is 4.69. The molecule has 2 fully saturated rings. The molecular weight excluding hydrogens is 290 g/mol. The van der Waals surface area contributed by atoms with Crippen LogP contribution in [0.3, 0.4) is 0 Å². The molecule has 5 heteroatoms. The second kappa shape index (κ2) is 6.91. The van der Waals surface area contributed by atoms with Gasteiger partial charge < -0.3 is 14.0 Å². The number of aromatic nitrogens is 2. The van der Waals surface area contributed by atoms with Gasteiger partial charge in [0, 0.05) is 57.6 Å². The molecule has 0 radical (unpaired) electrons. The van der Waals surface area contributed by atoms with Gasteiger partial charge in [0.15, 0.2) is 0 Å². The van der Waals surface area contributed by atoms with Crippen LogP contribution in [0.25, 0.3) is 0 Å². The summed E-state index contributed by atoms with van der Waals surface area (Å²) in [7, 11) is 2.12. The van der Waals surface area contributed by atoms with Crippen molar-refractivity contribution in [3.63, 3.8) is 0 Å². The number of rotatable bonds is 5. The van der Waals surface area contributed by atoms with E-state index < -0.39 is 0 Å². The molecule has 4 rings (SSSR count). The van der Waals surface area contributed by atoms with E-state index in [-0.39, 0.29) is 0 Å². The first-order chi connectivity index (χ1) is 11.3. The molecule has 3 heterocycles. The Hall–Kier alpha value is -0.910. The van der Waals surface area contributed by atoms with Gasteiger partial charge in [-0.2, -0.15) is 0 Å². The number of ether oxygens (including phenoxy) is 2. The van der Waals surface area contributed by atoms with E-state index in [0.717, 1.165) is 58.4 Å². The number of nitrogens with zero attached hydrogens (tertiary/aromatic N) is 3. The predicted octanol–water partition coefficient (Wildman–Crippen LogP) is 2.32. The smallest absolute Gasteiger partial charge is 0.0949 e. The van der Waals surface area contributed by atoms with Crippen LogP contribution >= 0.6 is 0 Å². The molecule has 0 bridgehead atoms. The van der Waals surface area contributed by atoms with Crippen LogP contribution < -0.4 is 0 Å². The van der Waals surface area contributed by atoms with E-state index in [4.69, 9.17) is 9.47 Å². The van der Waals surface area contributed by atoms with Crippen LogP contribution in [0.1, 0.15) is 49.4 Å². The lowest BCUT2D eigenvalue weighted by molar-refractivity contribution is 0.00856. The Morgan fingerprint density at radius 1 is 1.22 bits per heavy atom. The summed E-state index contributed by atoms with van der Waals surface area (Å²) in [6.07, 6.45) is 8.38. The lowest BCUT2D eigenvalue weighted by atomic mass is 9.88. The van der Waals surface area contributed by atoms with Crippen molar-refractivity contribution in [1.82, 2.24) is 14.5 Å². The first-order valence-corrected chi connectivity index (χ1v) is 9.21. The van der Waals surface area contributed by atoms with Crippen molar-refractivity contribution < 1.29 is 9.47 Å². The first-order valence-electron chi connectivity index (χ1n) is 9.21. The van der Waals surface area contributed by atoms with Gasteiger partial charge in [-0.05, 0) is 31.6 Å². The van der Waals surface area contributed by atoms with Gasteiger partial charge in [-0.1, -0.05) is 6.42 Å². The number of aryl methyl sites for hydroxylation is 1. The number of hydrogen-bond donors (Lipinski definition) is 0. The molecule has 0 aromatic carbocycles. The second-order valence-electron chi connectivity index (χ2n) is 7.49. The van der Waals surface area contributed by atoms with E-state index in [9.17, 15) is 0 Å². The Balaban J connectivity index is 1.38. The standard InChI is InChI=1S/C18H29N3O2/c1-20-13-19-17-10-21(16-3-2-4-16)9-15(18(17)20)12-23-11-14-5-7-22-8-6-14/h13-16H,2-12H2,1H3/t15-/m0/s1. The van der Waals surface area contributed by atoms with E-state index in [2.05, 4.69) is 21.5 Å². The van der Waals surface area contributed by atoms with Crippen molar-refractivity contribution in [2.24, 2.45) is 13.0 Å². The number of hydrogen-bond acceptors (Lipinski definition) is 4. The molecule has 5 nitrogen and oxygen atoms in total. The second-order valence-corrected chi connectivity index (χ2v) is 7.49. The van der Waals surface area contributed by atoms with E-state index in [1.165, 1.54) is 30.7 Å². The highest BCUT2D eigenvalue weighted by Gasteiger charge is 2.34. The Morgan fingerprint density at radius 2 is 2.04 bits per heavy atom. The fourth-order valence-electron chi connectivity index (χ4n) is 4.21. The highest BCUT2D eigenvalue weighted by atomic mass is 16.5. The fraction of sp³-hybridized carbons (Fsp3) is 0.833. The summed E-state index contributed by atoms with van der Waals surface area (Å²) in [5, 5.41) is 0. The zero-order chi connectivity index (χ0) is 15.6. The average Bonchev–Trinajstić information content (AvgIpc) is 2.88. The first kappa shape index (κ1) is 15.6. The van der Waals surface area contributed by atoms with Crippen LogP contribution in [0.2, 0.25) is 0 Å². The van der Waals surface area contributed by atoms with E-state index >= 15 is 0 Å². The third kappa shape index (κ3) is 3.32. The van der Waals surface area contributed by atoms with E-state index in [1.54, 1.807) is 0 Å². The van der Waals surface area contributed by atoms with Crippen LogP contribution in [0, 0.1) is 5.92 Å². The molecular formula is C18H29N3O2. The van der Waals surface area contributed by atoms with Gasteiger partial charge in [-0.3, -0.25) is 4.90 Å². The lowest BCUT2D eigenvalue weighted by Crippen LogP contribution is -2.45. The molecule has 1 aromatic rings. The number of fused-ring (bicyclic) bond motifs is 1. The summed E-state index contributed by atoms with van der Waals surface area (Å²) in [6, 6.07) is 0.781. The van der Waals surface area contributed by atoms with Crippen molar-refractivity contribution in [2.45, 2.75) is 50.6 Å². The highest BCUT2D eigenvalue weighted by Crippen LogP contribution is 2.34. The molecule has 0 amide bonds. The van der Waals surface area contributed by atoms with Crippen LogP contribution in [-0.4, -0.2) is 53.5 Å². The third-order valence-electron chi connectivity index (χ3n) is 5.86. The molecule has 3 aliphatic rings. The van der Waals surface area contributed by atoms with Gasteiger partial charge in [0.05, 0.1) is 18.6 Å². The molecule has 1 saturated carbocycles.